The number of aryl methyl sites for hydroxylation is 1. The summed E-state index contributed by atoms with van der Waals surface area (Å²) in [4.78, 5) is 12.3. The second kappa shape index (κ2) is 6.23. The van der Waals surface area contributed by atoms with Crippen LogP contribution in [0.5, 0.6) is 0 Å². The van der Waals surface area contributed by atoms with Gasteiger partial charge in [0.25, 0.3) is 5.91 Å². The molecular weight excluding hydrogens is 312 g/mol. The van der Waals surface area contributed by atoms with Crippen LogP contribution in [-0.4, -0.2) is 15.7 Å². The smallest absolute Gasteiger partial charge is 0.261 e. The Hall–Kier alpha value is -3.02. The summed E-state index contributed by atoms with van der Waals surface area (Å²) in [7, 11) is 0. The fourth-order valence-electron chi connectivity index (χ4n) is 2.53. The van der Waals surface area contributed by atoms with Gasteiger partial charge >= 0.3 is 0 Å². The van der Waals surface area contributed by atoms with E-state index in [1.54, 1.807) is 18.5 Å². The average molecular weight is 327 g/mol. The lowest BCUT2D eigenvalue weighted by atomic mass is 10.1. The van der Waals surface area contributed by atoms with E-state index in [1.807, 2.05) is 30.3 Å². The van der Waals surface area contributed by atoms with E-state index in [-0.39, 0.29) is 0 Å². The summed E-state index contributed by atoms with van der Waals surface area (Å²) in [6.07, 6.45) is 0. The van der Waals surface area contributed by atoms with Crippen LogP contribution in [0, 0.1) is 25.5 Å². The van der Waals surface area contributed by atoms with Gasteiger partial charge in [0.1, 0.15) is 17.2 Å². The number of aromatic nitrogens is 2. The van der Waals surface area contributed by atoms with Crippen molar-refractivity contribution in [2.45, 2.75) is 13.8 Å². The van der Waals surface area contributed by atoms with E-state index >= 15 is 0 Å². The molecule has 3 aromatic rings. The van der Waals surface area contributed by atoms with Crippen molar-refractivity contribution in [2.75, 3.05) is 5.32 Å². The van der Waals surface area contributed by atoms with Crippen molar-refractivity contribution in [2.24, 2.45) is 0 Å². The van der Waals surface area contributed by atoms with Gasteiger partial charge in [0.05, 0.1) is 22.8 Å². The van der Waals surface area contributed by atoms with Crippen LogP contribution >= 0.6 is 0 Å². The van der Waals surface area contributed by atoms with E-state index in [4.69, 9.17) is 0 Å². The molecule has 0 atom stereocenters. The zero-order chi connectivity index (χ0) is 17.3. The number of nitrogens with zero attached hydrogens (tertiary/aromatic N) is 2. The third-order valence-electron chi connectivity index (χ3n) is 3.72. The van der Waals surface area contributed by atoms with Crippen LogP contribution < -0.4 is 5.32 Å². The molecule has 0 aliphatic rings. The van der Waals surface area contributed by atoms with Gasteiger partial charge in [0.2, 0.25) is 0 Å². The number of anilines is 1. The maximum Gasteiger partial charge on any atom is 0.261 e. The second-order valence-corrected chi connectivity index (χ2v) is 5.34. The normalized spacial score (nSPS) is 10.7. The number of halogens is 2. The largest absolute Gasteiger partial charge is 0.319 e. The molecule has 0 saturated carbocycles. The van der Waals surface area contributed by atoms with Gasteiger partial charge in [-0.15, -0.1) is 0 Å². The molecule has 1 amide bonds. The van der Waals surface area contributed by atoms with Crippen LogP contribution in [0.15, 0.2) is 48.5 Å². The first kappa shape index (κ1) is 15.9. The quantitative estimate of drug-likeness (QED) is 0.790. The Morgan fingerprint density at radius 1 is 1.00 bits per heavy atom. The summed E-state index contributed by atoms with van der Waals surface area (Å²) in [5.41, 5.74) is 1.89. The number of nitrogens with one attached hydrogen (secondary N) is 1. The fourth-order valence-corrected chi connectivity index (χ4v) is 2.53. The first-order valence-corrected chi connectivity index (χ1v) is 7.36. The van der Waals surface area contributed by atoms with Crippen molar-refractivity contribution >= 4 is 11.6 Å². The minimum atomic E-state index is -0.904. The standard InChI is InChI=1S/C18H15F2N3O/c1-11-17(12(2)23(22-11)13-7-4-3-5-8-13)21-18(24)16-14(19)9-6-10-15(16)20/h3-10H,1-2H3,(H,21,24). The molecule has 4 nitrogen and oxygen atoms in total. The number of para-hydroxylation sites is 1. The summed E-state index contributed by atoms with van der Waals surface area (Å²) in [6.45, 7) is 3.50. The number of hydrogen-bond acceptors (Lipinski definition) is 2. The Bertz CT molecular complexity index is 884. The van der Waals surface area contributed by atoms with Crippen LogP contribution in [-0.2, 0) is 0 Å². The van der Waals surface area contributed by atoms with Gasteiger partial charge in [-0.1, -0.05) is 24.3 Å². The average Bonchev–Trinajstić information content (AvgIpc) is 2.84. The van der Waals surface area contributed by atoms with E-state index < -0.39 is 23.1 Å². The fraction of sp³-hybridized carbons (Fsp3) is 0.111. The van der Waals surface area contributed by atoms with Crippen molar-refractivity contribution < 1.29 is 13.6 Å². The Balaban J connectivity index is 1.97. The Morgan fingerprint density at radius 2 is 1.62 bits per heavy atom. The molecule has 24 heavy (non-hydrogen) atoms. The molecule has 2 aromatic carbocycles. The van der Waals surface area contributed by atoms with E-state index in [1.165, 1.54) is 6.07 Å². The molecule has 0 spiro atoms. The third kappa shape index (κ3) is 2.78. The highest BCUT2D eigenvalue weighted by molar-refractivity contribution is 6.05. The predicted octanol–water partition coefficient (Wildman–Crippen LogP) is 4.02. The van der Waals surface area contributed by atoms with Crippen molar-refractivity contribution in [3.05, 3.63) is 77.1 Å². The number of benzene rings is 2. The molecule has 1 aromatic heterocycles. The molecule has 1 heterocycles. The summed E-state index contributed by atoms with van der Waals surface area (Å²) < 4.78 is 29.2. The number of amides is 1. The summed E-state index contributed by atoms with van der Waals surface area (Å²) in [5.74, 6) is -2.65. The predicted molar refractivity (Wildman–Crippen MR) is 87.3 cm³/mol. The molecular formula is C18H15F2N3O. The van der Waals surface area contributed by atoms with E-state index in [0.29, 0.717) is 17.1 Å². The molecule has 3 rings (SSSR count). The summed E-state index contributed by atoms with van der Waals surface area (Å²) in [6, 6.07) is 12.7. The van der Waals surface area contributed by atoms with Gasteiger partial charge in [-0.2, -0.15) is 5.10 Å². The van der Waals surface area contributed by atoms with Crippen molar-refractivity contribution in [1.82, 2.24) is 9.78 Å². The molecule has 6 heteroatoms. The molecule has 0 radical (unpaired) electrons. The topological polar surface area (TPSA) is 46.9 Å². The minimum Gasteiger partial charge on any atom is -0.319 e. The van der Waals surface area contributed by atoms with Gasteiger partial charge in [-0.25, -0.2) is 13.5 Å². The van der Waals surface area contributed by atoms with Crippen molar-refractivity contribution in [3.8, 4) is 5.69 Å². The van der Waals surface area contributed by atoms with Gasteiger partial charge in [-0.05, 0) is 38.1 Å². The van der Waals surface area contributed by atoms with Gasteiger partial charge in [0.15, 0.2) is 0 Å². The Kier molecular flexibility index (Phi) is 4.12. The highest BCUT2D eigenvalue weighted by Crippen LogP contribution is 2.24. The van der Waals surface area contributed by atoms with Crippen LogP contribution in [0.25, 0.3) is 5.69 Å². The molecule has 1 N–H and O–H groups in total. The zero-order valence-electron chi connectivity index (χ0n) is 13.2. The van der Waals surface area contributed by atoms with Gasteiger partial charge < -0.3 is 5.32 Å². The third-order valence-corrected chi connectivity index (χ3v) is 3.72. The first-order chi connectivity index (χ1) is 11.5. The second-order valence-electron chi connectivity index (χ2n) is 5.34. The van der Waals surface area contributed by atoms with Crippen LogP contribution in [0.4, 0.5) is 14.5 Å². The maximum absolute atomic E-state index is 13.8. The van der Waals surface area contributed by atoms with Crippen LogP contribution in [0.3, 0.4) is 0 Å². The van der Waals surface area contributed by atoms with Crippen LogP contribution in [0.1, 0.15) is 21.7 Å². The van der Waals surface area contributed by atoms with E-state index in [0.717, 1.165) is 17.8 Å². The van der Waals surface area contributed by atoms with Gasteiger partial charge in [0, 0.05) is 0 Å². The van der Waals surface area contributed by atoms with Crippen molar-refractivity contribution in [1.29, 1.82) is 0 Å². The zero-order valence-corrected chi connectivity index (χ0v) is 13.2. The molecule has 0 aliphatic heterocycles. The summed E-state index contributed by atoms with van der Waals surface area (Å²) >= 11 is 0. The lowest BCUT2D eigenvalue weighted by molar-refractivity contribution is 0.101. The Labute approximate surface area is 137 Å². The number of hydrogen-bond donors (Lipinski definition) is 1. The molecule has 0 aliphatic carbocycles. The van der Waals surface area contributed by atoms with E-state index in [2.05, 4.69) is 10.4 Å². The molecule has 0 bridgehead atoms. The van der Waals surface area contributed by atoms with Crippen LogP contribution in [0.2, 0.25) is 0 Å². The Morgan fingerprint density at radius 3 is 2.25 bits per heavy atom. The first-order valence-electron chi connectivity index (χ1n) is 7.36. The van der Waals surface area contributed by atoms with E-state index in [9.17, 15) is 13.6 Å². The highest BCUT2D eigenvalue weighted by Gasteiger charge is 2.21. The maximum atomic E-state index is 13.8. The lowest BCUT2D eigenvalue weighted by Crippen LogP contribution is -2.16. The SMILES string of the molecule is Cc1nn(-c2ccccc2)c(C)c1NC(=O)c1c(F)cccc1F. The number of rotatable bonds is 3. The summed E-state index contributed by atoms with van der Waals surface area (Å²) in [5, 5.41) is 6.95. The lowest BCUT2D eigenvalue weighted by Gasteiger charge is -2.08. The molecule has 0 fully saturated rings. The molecule has 122 valence electrons. The highest BCUT2D eigenvalue weighted by atomic mass is 19.1. The van der Waals surface area contributed by atoms with Crippen molar-refractivity contribution in [3.63, 3.8) is 0 Å². The minimum absolute atomic E-state index is 0.437. The number of carbonyl (C=O) groups is 1. The monoisotopic (exact) mass is 327 g/mol. The molecule has 0 saturated heterocycles. The van der Waals surface area contributed by atoms with Gasteiger partial charge in [-0.3, -0.25) is 4.79 Å². The molecule has 0 unspecified atom stereocenters. The number of carbonyl (C=O) groups excluding carboxylic acids is 1.